The summed E-state index contributed by atoms with van der Waals surface area (Å²) in [5.41, 5.74) is 4.73. The number of amides is 1. The molecule has 2 atom stereocenters. The molecule has 0 bridgehead atoms. The van der Waals surface area contributed by atoms with Crippen LogP contribution in [0.3, 0.4) is 0 Å². The van der Waals surface area contributed by atoms with Crippen molar-refractivity contribution in [2.45, 2.75) is 52.2 Å². The predicted octanol–water partition coefficient (Wildman–Crippen LogP) is 3.04. The number of ether oxygens (including phenoxy) is 1. The lowest BCUT2D eigenvalue weighted by Crippen LogP contribution is -2.34. The van der Waals surface area contributed by atoms with Gasteiger partial charge in [0, 0.05) is 11.3 Å². The number of hydrogen-bond donors (Lipinski definition) is 3. The van der Waals surface area contributed by atoms with Crippen LogP contribution in [0.2, 0.25) is 0 Å². The van der Waals surface area contributed by atoms with Crippen molar-refractivity contribution in [2.24, 2.45) is 0 Å². The molecule has 1 heterocycles. The minimum Gasteiger partial charge on any atom is -0.451 e. The first kappa shape index (κ1) is 19.2. The number of nitrogens with one attached hydrogen (secondary N) is 2. The standard InChI is InChI=1S/C21H26N2O4/c1-12-19(14(3)24)13(2)22-20(12)21(26)27-11-18(25)23-17-10-6-8-15-7-4-5-9-16(15)17/h4-5,7,9,14,17,22,24H,6,8,10-11H2,1-3H3,(H,23,25)/t14-,17-/m1/s1. The van der Waals surface area contributed by atoms with Gasteiger partial charge in [-0.05, 0) is 56.7 Å². The molecule has 1 aromatic heterocycles. The molecular weight excluding hydrogens is 344 g/mol. The normalized spacial score (nSPS) is 17.1. The molecule has 1 amide bonds. The summed E-state index contributed by atoms with van der Waals surface area (Å²) in [7, 11) is 0. The van der Waals surface area contributed by atoms with Gasteiger partial charge in [0.1, 0.15) is 5.69 Å². The van der Waals surface area contributed by atoms with E-state index in [4.69, 9.17) is 4.74 Å². The zero-order valence-electron chi connectivity index (χ0n) is 16.0. The molecule has 1 aliphatic rings. The molecular formula is C21H26N2O4. The van der Waals surface area contributed by atoms with E-state index in [2.05, 4.69) is 16.4 Å². The Kier molecular flexibility index (Phi) is 5.65. The fourth-order valence-corrected chi connectivity index (χ4v) is 3.94. The largest absolute Gasteiger partial charge is 0.451 e. The van der Waals surface area contributed by atoms with E-state index in [0.717, 1.165) is 30.5 Å². The Morgan fingerprint density at radius 3 is 2.78 bits per heavy atom. The molecule has 0 radical (unpaired) electrons. The fraction of sp³-hybridized carbons (Fsp3) is 0.429. The van der Waals surface area contributed by atoms with Gasteiger partial charge in [0.2, 0.25) is 0 Å². The molecule has 1 aliphatic carbocycles. The second-order valence-corrected chi connectivity index (χ2v) is 7.13. The van der Waals surface area contributed by atoms with Crippen LogP contribution in [0.25, 0.3) is 0 Å². The Labute approximate surface area is 158 Å². The second kappa shape index (κ2) is 7.96. The number of esters is 1. The monoisotopic (exact) mass is 370 g/mol. The number of aliphatic hydroxyl groups is 1. The van der Waals surface area contributed by atoms with Crippen molar-refractivity contribution < 1.29 is 19.4 Å². The Bertz CT molecular complexity index is 854. The number of carbonyl (C=O) groups is 2. The van der Waals surface area contributed by atoms with Crippen LogP contribution in [0.1, 0.15) is 70.3 Å². The van der Waals surface area contributed by atoms with E-state index in [0.29, 0.717) is 11.1 Å². The molecule has 3 rings (SSSR count). The van der Waals surface area contributed by atoms with Crippen molar-refractivity contribution in [2.75, 3.05) is 6.61 Å². The van der Waals surface area contributed by atoms with Crippen molar-refractivity contribution in [3.63, 3.8) is 0 Å². The number of H-pyrrole nitrogens is 1. The van der Waals surface area contributed by atoms with Crippen molar-refractivity contribution in [3.8, 4) is 0 Å². The van der Waals surface area contributed by atoms with Gasteiger partial charge >= 0.3 is 5.97 Å². The van der Waals surface area contributed by atoms with Gasteiger partial charge in [-0.25, -0.2) is 4.79 Å². The van der Waals surface area contributed by atoms with Crippen molar-refractivity contribution in [1.29, 1.82) is 0 Å². The van der Waals surface area contributed by atoms with E-state index >= 15 is 0 Å². The summed E-state index contributed by atoms with van der Waals surface area (Å²) in [5, 5.41) is 12.8. The third-order valence-electron chi connectivity index (χ3n) is 5.16. The third kappa shape index (κ3) is 4.06. The Morgan fingerprint density at radius 1 is 1.33 bits per heavy atom. The number of rotatable bonds is 5. The quantitative estimate of drug-likeness (QED) is 0.706. The summed E-state index contributed by atoms with van der Waals surface area (Å²) in [4.78, 5) is 27.6. The Balaban J connectivity index is 1.60. The molecule has 0 fully saturated rings. The van der Waals surface area contributed by atoms with E-state index in [1.807, 2.05) is 18.2 Å². The van der Waals surface area contributed by atoms with Crippen molar-refractivity contribution in [3.05, 3.63) is 57.9 Å². The SMILES string of the molecule is Cc1[nH]c(C(=O)OCC(=O)N[C@@H]2CCCc3ccccc32)c(C)c1[C@@H](C)O. The van der Waals surface area contributed by atoms with Crippen molar-refractivity contribution in [1.82, 2.24) is 10.3 Å². The van der Waals surface area contributed by atoms with Gasteiger partial charge in [-0.3, -0.25) is 4.79 Å². The number of aryl methyl sites for hydroxylation is 2. The number of fused-ring (bicyclic) bond motifs is 1. The van der Waals surface area contributed by atoms with Gasteiger partial charge in [-0.1, -0.05) is 24.3 Å². The molecule has 0 unspecified atom stereocenters. The third-order valence-corrected chi connectivity index (χ3v) is 5.16. The number of aromatic amines is 1. The predicted molar refractivity (Wildman–Crippen MR) is 101 cm³/mol. The summed E-state index contributed by atoms with van der Waals surface area (Å²) >= 11 is 0. The number of hydrogen-bond acceptors (Lipinski definition) is 4. The molecule has 0 spiro atoms. The first-order chi connectivity index (χ1) is 12.9. The van der Waals surface area contributed by atoms with Crippen LogP contribution in [-0.4, -0.2) is 28.6 Å². The van der Waals surface area contributed by atoms with E-state index in [9.17, 15) is 14.7 Å². The second-order valence-electron chi connectivity index (χ2n) is 7.13. The zero-order valence-corrected chi connectivity index (χ0v) is 16.0. The van der Waals surface area contributed by atoms with Crippen LogP contribution >= 0.6 is 0 Å². The summed E-state index contributed by atoms with van der Waals surface area (Å²) in [6.07, 6.45) is 2.24. The highest BCUT2D eigenvalue weighted by molar-refractivity contribution is 5.91. The minimum atomic E-state index is -0.683. The molecule has 0 aliphatic heterocycles. The highest BCUT2D eigenvalue weighted by Gasteiger charge is 2.24. The summed E-state index contributed by atoms with van der Waals surface area (Å²) in [6.45, 7) is 4.85. The number of aliphatic hydroxyl groups excluding tert-OH is 1. The molecule has 0 saturated carbocycles. The smallest absolute Gasteiger partial charge is 0.355 e. The van der Waals surface area contributed by atoms with E-state index in [1.54, 1.807) is 20.8 Å². The topological polar surface area (TPSA) is 91.4 Å². The van der Waals surface area contributed by atoms with Crippen molar-refractivity contribution >= 4 is 11.9 Å². The first-order valence-corrected chi connectivity index (χ1v) is 9.30. The van der Waals surface area contributed by atoms with Gasteiger partial charge in [0.25, 0.3) is 5.91 Å². The lowest BCUT2D eigenvalue weighted by Gasteiger charge is -2.26. The van der Waals surface area contributed by atoms with Crippen LogP contribution in [0.4, 0.5) is 0 Å². The Hall–Kier alpha value is -2.60. The van der Waals surface area contributed by atoms with E-state index in [1.165, 1.54) is 5.56 Å². The lowest BCUT2D eigenvalue weighted by molar-refractivity contribution is -0.125. The molecule has 0 saturated heterocycles. The van der Waals surface area contributed by atoms with E-state index in [-0.39, 0.29) is 24.2 Å². The molecule has 6 nitrogen and oxygen atoms in total. The highest BCUT2D eigenvalue weighted by Crippen LogP contribution is 2.29. The van der Waals surface area contributed by atoms with Gasteiger partial charge in [0.15, 0.2) is 6.61 Å². The molecule has 6 heteroatoms. The first-order valence-electron chi connectivity index (χ1n) is 9.30. The molecule has 2 aromatic rings. The van der Waals surface area contributed by atoms with Gasteiger partial charge < -0.3 is 20.1 Å². The molecule has 27 heavy (non-hydrogen) atoms. The number of carbonyl (C=O) groups excluding carboxylic acids is 2. The van der Waals surface area contributed by atoms with Crippen LogP contribution in [0, 0.1) is 13.8 Å². The van der Waals surface area contributed by atoms with Crippen LogP contribution in [0.5, 0.6) is 0 Å². The molecule has 1 aromatic carbocycles. The summed E-state index contributed by atoms with van der Waals surface area (Å²) < 4.78 is 5.18. The van der Waals surface area contributed by atoms with Crippen LogP contribution in [-0.2, 0) is 16.0 Å². The average molecular weight is 370 g/mol. The number of benzene rings is 1. The number of aromatic nitrogens is 1. The summed E-state index contributed by atoms with van der Waals surface area (Å²) in [5.74, 6) is -0.913. The van der Waals surface area contributed by atoms with Gasteiger partial charge in [-0.15, -0.1) is 0 Å². The fourth-order valence-electron chi connectivity index (χ4n) is 3.94. The maximum atomic E-state index is 12.3. The van der Waals surface area contributed by atoms with Gasteiger partial charge in [0.05, 0.1) is 12.1 Å². The Morgan fingerprint density at radius 2 is 2.07 bits per heavy atom. The maximum Gasteiger partial charge on any atom is 0.355 e. The summed E-state index contributed by atoms with van der Waals surface area (Å²) in [6, 6.07) is 8.06. The minimum absolute atomic E-state index is 0.0440. The highest BCUT2D eigenvalue weighted by atomic mass is 16.5. The van der Waals surface area contributed by atoms with Crippen LogP contribution < -0.4 is 5.32 Å². The van der Waals surface area contributed by atoms with Crippen LogP contribution in [0.15, 0.2) is 24.3 Å². The maximum absolute atomic E-state index is 12.3. The molecule has 3 N–H and O–H groups in total. The van der Waals surface area contributed by atoms with E-state index < -0.39 is 12.1 Å². The zero-order chi connectivity index (χ0) is 19.6. The lowest BCUT2D eigenvalue weighted by atomic mass is 9.88. The van der Waals surface area contributed by atoms with Gasteiger partial charge in [-0.2, -0.15) is 0 Å². The molecule has 144 valence electrons. The average Bonchev–Trinajstić information content (AvgIpc) is 2.94.